The van der Waals surface area contributed by atoms with Gasteiger partial charge in [0, 0.05) is 42.1 Å². The fraction of sp³-hybridized carbons (Fsp3) is 0.227. The highest BCUT2D eigenvalue weighted by molar-refractivity contribution is 5.88. The Labute approximate surface area is 177 Å². The van der Waals surface area contributed by atoms with Gasteiger partial charge in [-0.1, -0.05) is 6.07 Å². The molecule has 0 saturated carbocycles. The molecule has 31 heavy (non-hydrogen) atoms. The molecular weight excluding hydrogens is 396 g/mol. The van der Waals surface area contributed by atoms with Crippen molar-refractivity contribution >= 4 is 23.1 Å². The lowest BCUT2D eigenvalue weighted by atomic mass is 10.0. The maximum absolute atomic E-state index is 12.5. The number of nitrogens with zero attached hydrogens (tertiary/aromatic N) is 4. The topological polar surface area (TPSA) is 126 Å². The first-order valence-electron chi connectivity index (χ1n) is 9.84. The summed E-state index contributed by atoms with van der Waals surface area (Å²) in [6.07, 6.45) is 4.08. The van der Waals surface area contributed by atoms with E-state index in [1.54, 1.807) is 24.5 Å². The van der Waals surface area contributed by atoms with Crippen LogP contribution in [0.25, 0.3) is 22.3 Å². The molecule has 0 radical (unpaired) electrons. The van der Waals surface area contributed by atoms with Crippen LogP contribution < -0.4 is 10.9 Å². The normalized spacial score (nSPS) is 11.2. The van der Waals surface area contributed by atoms with Gasteiger partial charge in [0.2, 0.25) is 5.95 Å². The minimum atomic E-state index is -1.08. The summed E-state index contributed by atoms with van der Waals surface area (Å²) in [7, 11) is 0. The van der Waals surface area contributed by atoms with E-state index in [1.165, 1.54) is 6.20 Å². The highest BCUT2D eigenvalue weighted by Gasteiger charge is 2.16. The third-order valence-electron chi connectivity index (χ3n) is 4.93. The molecule has 0 atom stereocenters. The second-order valence-corrected chi connectivity index (χ2v) is 7.57. The Morgan fingerprint density at radius 2 is 2.03 bits per heavy atom. The average Bonchev–Trinajstić information content (AvgIpc) is 3.08. The maximum atomic E-state index is 12.5. The SMILES string of the molecule is Cc1nc(-c2cnc(NC(C)C)[nH]c2=O)ccc1Cc1cn(C(=O)O)c2ncccc12. The third-order valence-corrected chi connectivity index (χ3v) is 4.93. The summed E-state index contributed by atoms with van der Waals surface area (Å²) in [5.74, 6) is 0.417. The predicted octanol–water partition coefficient (Wildman–Crippen LogP) is 3.43. The Morgan fingerprint density at radius 1 is 1.23 bits per heavy atom. The molecule has 4 heterocycles. The van der Waals surface area contributed by atoms with Crippen molar-refractivity contribution in [2.24, 2.45) is 0 Å². The van der Waals surface area contributed by atoms with E-state index in [9.17, 15) is 14.7 Å². The number of hydrogen-bond donors (Lipinski definition) is 3. The summed E-state index contributed by atoms with van der Waals surface area (Å²) in [6, 6.07) is 7.46. The summed E-state index contributed by atoms with van der Waals surface area (Å²) >= 11 is 0. The molecule has 0 unspecified atom stereocenters. The van der Waals surface area contributed by atoms with Crippen LogP contribution >= 0.6 is 0 Å². The molecule has 4 aromatic heterocycles. The van der Waals surface area contributed by atoms with Crippen LogP contribution in [0.2, 0.25) is 0 Å². The third kappa shape index (κ3) is 4.02. The average molecular weight is 418 g/mol. The van der Waals surface area contributed by atoms with Crippen LogP contribution in [0.4, 0.5) is 10.7 Å². The van der Waals surface area contributed by atoms with Crippen molar-refractivity contribution in [3.63, 3.8) is 0 Å². The van der Waals surface area contributed by atoms with Crippen LogP contribution in [0.1, 0.15) is 30.7 Å². The number of aromatic nitrogens is 5. The zero-order valence-electron chi connectivity index (χ0n) is 17.4. The molecule has 0 fully saturated rings. The van der Waals surface area contributed by atoms with Gasteiger partial charge in [-0.05, 0) is 50.1 Å². The van der Waals surface area contributed by atoms with Gasteiger partial charge in [-0.15, -0.1) is 0 Å². The predicted molar refractivity (Wildman–Crippen MR) is 118 cm³/mol. The van der Waals surface area contributed by atoms with Gasteiger partial charge in [0.25, 0.3) is 5.56 Å². The molecule has 0 bridgehead atoms. The first-order valence-corrected chi connectivity index (χ1v) is 9.84. The number of aryl methyl sites for hydroxylation is 1. The molecule has 0 saturated heterocycles. The number of fused-ring (bicyclic) bond motifs is 1. The molecule has 4 aromatic rings. The fourth-order valence-electron chi connectivity index (χ4n) is 3.47. The number of nitrogens with one attached hydrogen (secondary N) is 2. The minimum Gasteiger partial charge on any atom is -0.464 e. The van der Waals surface area contributed by atoms with E-state index >= 15 is 0 Å². The van der Waals surface area contributed by atoms with Gasteiger partial charge in [-0.25, -0.2) is 19.3 Å². The zero-order chi connectivity index (χ0) is 22.1. The Bertz CT molecular complexity index is 1340. The quantitative estimate of drug-likeness (QED) is 0.453. The maximum Gasteiger partial charge on any atom is 0.417 e. The van der Waals surface area contributed by atoms with Crippen LogP contribution in [-0.4, -0.2) is 41.7 Å². The molecular formula is C22H22N6O3. The van der Waals surface area contributed by atoms with Crippen LogP contribution in [0.3, 0.4) is 0 Å². The summed E-state index contributed by atoms with van der Waals surface area (Å²) in [5.41, 5.74) is 3.57. The number of anilines is 1. The van der Waals surface area contributed by atoms with E-state index < -0.39 is 6.09 Å². The number of hydrogen-bond acceptors (Lipinski definition) is 6. The van der Waals surface area contributed by atoms with E-state index in [-0.39, 0.29) is 11.6 Å². The molecule has 4 rings (SSSR count). The van der Waals surface area contributed by atoms with Crippen LogP contribution in [-0.2, 0) is 6.42 Å². The van der Waals surface area contributed by atoms with Crippen molar-refractivity contribution in [1.82, 2.24) is 24.5 Å². The fourth-order valence-corrected chi connectivity index (χ4v) is 3.47. The van der Waals surface area contributed by atoms with E-state index in [2.05, 4.69) is 25.3 Å². The van der Waals surface area contributed by atoms with Crippen molar-refractivity contribution in [2.75, 3.05) is 5.32 Å². The van der Waals surface area contributed by atoms with Crippen molar-refractivity contribution in [3.8, 4) is 11.3 Å². The number of pyridine rings is 2. The molecule has 0 aliphatic heterocycles. The Hall–Kier alpha value is -4.01. The lowest BCUT2D eigenvalue weighted by Crippen LogP contribution is -2.18. The van der Waals surface area contributed by atoms with Crippen LogP contribution in [0.15, 0.2) is 47.7 Å². The molecule has 9 heteroatoms. The first kappa shape index (κ1) is 20.3. The summed E-state index contributed by atoms with van der Waals surface area (Å²) in [6.45, 7) is 5.78. The number of aromatic amines is 1. The molecule has 9 nitrogen and oxygen atoms in total. The van der Waals surface area contributed by atoms with Crippen molar-refractivity contribution in [2.45, 2.75) is 33.2 Å². The van der Waals surface area contributed by atoms with E-state index in [0.29, 0.717) is 29.3 Å². The molecule has 0 amide bonds. The Balaban J connectivity index is 1.66. The van der Waals surface area contributed by atoms with Gasteiger partial charge in [-0.3, -0.25) is 14.8 Å². The molecule has 0 aliphatic carbocycles. The van der Waals surface area contributed by atoms with E-state index in [1.807, 2.05) is 32.9 Å². The Kier molecular flexibility index (Phi) is 5.24. The smallest absolute Gasteiger partial charge is 0.417 e. The highest BCUT2D eigenvalue weighted by Crippen LogP contribution is 2.24. The van der Waals surface area contributed by atoms with Gasteiger partial charge in [0.15, 0.2) is 0 Å². The highest BCUT2D eigenvalue weighted by atomic mass is 16.4. The lowest BCUT2D eigenvalue weighted by Gasteiger charge is -2.10. The Morgan fingerprint density at radius 3 is 2.71 bits per heavy atom. The van der Waals surface area contributed by atoms with Crippen molar-refractivity contribution in [1.29, 1.82) is 0 Å². The number of rotatable bonds is 5. The molecule has 158 valence electrons. The zero-order valence-corrected chi connectivity index (χ0v) is 17.4. The van der Waals surface area contributed by atoms with Gasteiger partial charge >= 0.3 is 6.09 Å². The number of H-pyrrole nitrogens is 1. The van der Waals surface area contributed by atoms with Gasteiger partial charge < -0.3 is 10.4 Å². The molecule has 0 aromatic carbocycles. The lowest BCUT2D eigenvalue weighted by molar-refractivity contribution is 0.197. The molecule has 0 aliphatic rings. The van der Waals surface area contributed by atoms with Crippen molar-refractivity contribution in [3.05, 3.63) is 70.0 Å². The summed E-state index contributed by atoms with van der Waals surface area (Å²) in [4.78, 5) is 39.8. The van der Waals surface area contributed by atoms with Gasteiger partial charge in [0.05, 0.1) is 11.3 Å². The van der Waals surface area contributed by atoms with E-state index in [4.69, 9.17) is 0 Å². The summed E-state index contributed by atoms with van der Waals surface area (Å²) < 4.78 is 1.12. The number of carbonyl (C=O) groups is 1. The second kappa shape index (κ2) is 8.02. The standard InChI is InChI=1S/C22H22N6O3/c1-12(2)25-21-24-10-17(20(29)27-21)18-7-6-14(13(3)26-18)9-15-11-28(22(30)31)19-16(15)5-4-8-23-19/h4-8,10-12H,9H2,1-3H3,(H,30,31)(H2,24,25,27,29). The van der Waals surface area contributed by atoms with Crippen LogP contribution in [0.5, 0.6) is 0 Å². The number of carboxylic acid groups (broad SMARTS) is 1. The second-order valence-electron chi connectivity index (χ2n) is 7.57. The largest absolute Gasteiger partial charge is 0.464 e. The van der Waals surface area contributed by atoms with Crippen molar-refractivity contribution < 1.29 is 9.90 Å². The van der Waals surface area contributed by atoms with Gasteiger partial charge in [0.1, 0.15) is 5.65 Å². The monoisotopic (exact) mass is 418 g/mol. The van der Waals surface area contributed by atoms with Crippen LogP contribution in [0, 0.1) is 6.92 Å². The minimum absolute atomic E-state index is 0.149. The molecule has 3 N–H and O–H groups in total. The van der Waals surface area contributed by atoms with E-state index in [0.717, 1.165) is 26.8 Å². The first-order chi connectivity index (χ1) is 14.8. The molecule has 0 spiro atoms. The van der Waals surface area contributed by atoms with Gasteiger partial charge in [-0.2, -0.15) is 0 Å². The summed E-state index contributed by atoms with van der Waals surface area (Å²) in [5, 5.41) is 13.3.